The predicted molar refractivity (Wildman–Crippen MR) is 122 cm³/mol. The van der Waals surface area contributed by atoms with Crippen molar-refractivity contribution in [2.45, 2.75) is 32.2 Å². The minimum atomic E-state index is -0.0896. The van der Waals surface area contributed by atoms with E-state index in [1.54, 1.807) is 35.9 Å². The number of hydrogen-bond acceptors (Lipinski definition) is 6. The van der Waals surface area contributed by atoms with Crippen LogP contribution < -0.4 is 10.9 Å². The Morgan fingerprint density at radius 2 is 2.13 bits per heavy atom. The fraction of sp³-hybridized carbons (Fsp3) is 0.333. The van der Waals surface area contributed by atoms with E-state index in [2.05, 4.69) is 15.5 Å². The van der Waals surface area contributed by atoms with Crippen LogP contribution in [-0.2, 0) is 22.5 Å². The van der Waals surface area contributed by atoms with Gasteiger partial charge in [0.25, 0.3) is 5.56 Å². The summed E-state index contributed by atoms with van der Waals surface area (Å²) >= 11 is 7.37. The Balaban J connectivity index is 1.52. The Bertz CT molecular complexity index is 1280. The molecule has 0 aliphatic heterocycles. The molecule has 31 heavy (non-hydrogen) atoms. The summed E-state index contributed by atoms with van der Waals surface area (Å²) in [6, 6.07) is 8.96. The van der Waals surface area contributed by atoms with E-state index in [-0.39, 0.29) is 11.5 Å². The highest BCUT2D eigenvalue weighted by molar-refractivity contribution is 7.17. The highest BCUT2D eigenvalue weighted by atomic mass is 35.5. The van der Waals surface area contributed by atoms with Crippen molar-refractivity contribution in [1.29, 1.82) is 0 Å². The number of aryl methyl sites for hydroxylation is 2. The Hall–Kier alpha value is -2.75. The highest BCUT2D eigenvalue weighted by Gasteiger charge is 2.17. The molecule has 0 aliphatic rings. The second-order valence-electron chi connectivity index (χ2n) is 7.10. The average Bonchev–Trinajstić information content (AvgIpc) is 3.38. The van der Waals surface area contributed by atoms with Gasteiger partial charge in [0.15, 0.2) is 0 Å². The molecule has 3 aromatic heterocycles. The summed E-state index contributed by atoms with van der Waals surface area (Å²) in [6.45, 7) is 1.06. The van der Waals surface area contributed by atoms with Gasteiger partial charge in [-0.3, -0.25) is 18.6 Å². The minimum absolute atomic E-state index is 0.0616. The molecule has 4 rings (SSSR count). The van der Waals surface area contributed by atoms with E-state index in [0.29, 0.717) is 60.0 Å². The molecule has 0 saturated carbocycles. The van der Waals surface area contributed by atoms with Gasteiger partial charge in [-0.15, -0.1) is 21.5 Å². The molecule has 0 atom stereocenters. The number of rotatable bonds is 9. The number of anilines is 1. The van der Waals surface area contributed by atoms with E-state index in [9.17, 15) is 9.59 Å². The van der Waals surface area contributed by atoms with Crippen molar-refractivity contribution in [3.05, 3.63) is 56.9 Å². The standard InChI is InChI=1S/C21H22ClN5O3S/c1-30-11-4-10-26-20(29)19-16(9-12-31-19)27-17(24-25-21(26)27)7-3-8-18(28)23-15-6-2-5-14(22)13-15/h2,5-6,9,12-13H,3-4,7-8,10-11H2,1H3,(H,23,28). The molecule has 1 aromatic carbocycles. The van der Waals surface area contributed by atoms with Gasteiger partial charge < -0.3 is 10.1 Å². The number of carbonyl (C=O) groups excluding carboxylic acids is 1. The largest absolute Gasteiger partial charge is 0.385 e. The maximum absolute atomic E-state index is 12.9. The maximum atomic E-state index is 12.9. The molecule has 0 fully saturated rings. The zero-order chi connectivity index (χ0) is 21.8. The van der Waals surface area contributed by atoms with Crippen LogP contribution in [0.25, 0.3) is 16.0 Å². The monoisotopic (exact) mass is 459 g/mol. The smallest absolute Gasteiger partial charge is 0.272 e. The van der Waals surface area contributed by atoms with Gasteiger partial charge in [0, 0.05) is 43.8 Å². The summed E-state index contributed by atoms with van der Waals surface area (Å²) in [5, 5.41) is 13.9. The fourth-order valence-electron chi connectivity index (χ4n) is 3.51. The number of nitrogens with zero attached hydrogens (tertiary/aromatic N) is 4. The average molecular weight is 460 g/mol. The Morgan fingerprint density at radius 1 is 1.26 bits per heavy atom. The fourth-order valence-corrected chi connectivity index (χ4v) is 4.52. The zero-order valence-electron chi connectivity index (χ0n) is 17.0. The molecule has 0 bridgehead atoms. The van der Waals surface area contributed by atoms with E-state index in [1.807, 2.05) is 15.8 Å². The van der Waals surface area contributed by atoms with Gasteiger partial charge in [-0.1, -0.05) is 17.7 Å². The lowest BCUT2D eigenvalue weighted by Gasteiger charge is -2.09. The second kappa shape index (κ2) is 9.59. The third kappa shape index (κ3) is 4.63. The molecule has 4 aromatic rings. The van der Waals surface area contributed by atoms with Crippen molar-refractivity contribution in [1.82, 2.24) is 19.2 Å². The van der Waals surface area contributed by atoms with E-state index in [4.69, 9.17) is 16.3 Å². The van der Waals surface area contributed by atoms with Crippen LogP contribution in [0.1, 0.15) is 25.1 Å². The number of amides is 1. The minimum Gasteiger partial charge on any atom is -0.385 e. The molecule has 1 N–H and O–H groups in total. The number of ether oxygens (including phenoxy) is 1. The number of methoxy groups -OCH3 is 1. The molecule has 0 spiro atoms. The van der Waals surface area contributed by atoms with E-state index >= 15 is 0 Å². The molecule has 162 valence electrons. The first-order chi connectivity index (χ1) is 15.1. The number of thiophene rings is 1. The summed E-state index contributed by atoms with van der Waals surface area (Å²) in [6.07, 6.45) is 2.20. The van der Waals surface area contributed by atoms with E-state index < -0.39 is 0 Å². The lowest BCUT2D eigenvalue weighted by Crippen LogP contribution is -2.23. The number of carbonyl (C=O) groups is 1. The topological polar surface area (TPSA) is 90.5 Å². The van der Waals surface area contributed by atoms with Crippen LogP contribution in [0.3, 0.4) is 0 Å². The first-order valence-electron chi connectivity index (χ1n) is 9.97. The number of benzene rings is 1. The molecule has 0 saturated heterocycles. The number of halogens is 1. The Kier molecular flexibility index (Phi) is 6.64. The van der Waals surface area contributed by atoms with Crippen LogP contribution >= 0.6 is 22.9 Å². The van der Waals surface area contributed by atoms with Crippen molar-refractivity contribution in [2.24, 2.45) is 0 Å². The SMILES string of the molecule is COCCCn1c(=O)c2sccc2n2c(CCCC(=O)Nc3cccc(Cl)c3)nnc12. The van der Waals surface area contributed by atoms with Gasteiger partial charge in [-0.25, -0.2) is 0 Å². The zero-order valence-corrected chi connectivity index (χ0v) is 18.6. The number of nitrogens with one attached hydrogen (secondary N) is 1. The molecule has 10 heteroatoms. The number of fused-ring (bicyclic) bond motifs is 3. The summed E-state index contributed by atoms with van der Waals surface area (Å²) in [5.41, 5.74) is 1.41. The summed E-state index contributed by atoms with van der Waals surface area (Å²) in [5.74, 6) is 1.16. The van der Waals surface area contributed by atoms with E-state index in [0.717, 1.165) is 11.3 Å². The normalized spacial score (nSPS) is 11.4. The second-order valence-corrected chi connectivity index (χ2v) is 8.45. The summed E-state index contributed by atoms with van der Waals surface area (Å²) < 4.78 is 9.37. The van der Waals surface area contributed by atoms with Crippen molar-refractivity contribution >= 4 is 50.5 Å². The van der Waals surface area contributed by atoms with Crippen LogP contribution in [-0.4, -0.2) is 38.8 Å². The van der Waals surface area contributed by atoms with Gasteiger partial charge in [0.1, 0.15) is 10.5 Å². The number of hydrogen-bond donors (Lipinski definition) is 1. The van der Waals surface area contributed by atoms with E-state index in [1.165, 1.54) is 11.3 Å². The van der Waals surface area contributed by atoms with Crippen LogP contribution in [0.15, 0.2) is 40.5 Å². The first kappa shape index (κ1) is 21.5. The Morgan fingerprint density at radius 3 is 2.94 bits per heavy atom. The van der Waals surface area contributed by atoms with Gasteiger partial charge in [-0.05, 0) is 42.5 Å². The van der Waals surface area contributed by atoms with Crippen LogP contribution in [0.5, 0.6) is 0 Å². The van der Waals surface area contributed by atoms with Gasteiger partial charge in [0.2, 0.25) is 11.7 Å². The highest BCUT2D eigenvalue weighted by Crippen LogP contribution is 2.21. The molecule has 1 amide bonds. The third-order valence-electron chi connectivity index (χ3n) is 4.92. The van der Waals surface area contributed by atoms with Gasteiger partial charge >= 0.3 is 0 Å². The number of aromatic nitrogens is 4. The molecular weight excluding hydrogens is 438 g/mol. The van der Waals surface area contributed by atoms with Crippen molar-refractivity contribution in [3.8, 4) is 0 Å². The Labute approximate surface area is 187 Å². The molecule has 0 aliphatic carbocycles. The lowest BCUT2D eigenvalue weighted by atomic mass is 10.2. The first-order valence-corrected chi connectivity index (χ1v) is 11.2. The van der Waals surface area contributed by atoms with Gasteiger partial charge in [-0.2, -0.15) is 0 Å². The van der Waals surface area contributed by atoms with Crippen molar-refractivity contribution < 1.29 is 9.53 Å². The third-order valence-corrected chi connectivity index (χ3v) is 6.05. The predicted octanol–water partition coefficient (Wildman–Crippen LogP) is 3.76. The summed E-state index contributed by atoms with van der Waals surface area (Å²) in [4.78, 5) is 25.2. The van der Waals surface area contributed by atoms with Crippen LogP contribution in [0.4, 0.5) is 5.69 Å². The van der Waals surface area contributed by atoms with Crippen LogP contribution in [0.2, 0.25) is 5.02 Å². The maximum Gasteiger partial charge on any atom is 0.272 e. The molecule has 3 heterocycles. The molecule has 0 radical (unpaired) electrons. The van der Waals surface area contributed by atoms with Crippen molar-refractivity contribution in [3.63, 3.8) is 0 Å². The summed E-state index contributed by atoms with van der Waals surface area (Å²) in [7, 11) is 1.64. The van der Waals surface area contributed by atoms with Crippen molar-refractivity contribution in [2.75, 3.05) is 19.0 Å². The van der Waals surface area contributed by atoms with Crippen LogP contribution in [0, 0.1) is 0 Å². The quantitative estimate of drug-likeness (QED) is 0.385. The molecule has 8 nitrogen and oxygen atoms in total. The lowest BCUT2D eigenvalue weighted by molar-refractivity contribution is -0.116. The molecule has 0 unspecified atom stereocenters. The molecular formula is C21H22ClN5O3S. The van der Waals surface area contributed by atoms with Gasteiger partial charge in [0.05, 0.1) is 5.52 Å².